The molecule has 1 aliphatic carbocycles. The average molecular weight is 315 g/mol. The number of aromatic nitrogens is 2. The maximum absolute atomic E-state index is 12.4. The molecule has 0 spiro atoms. The van der Waals surface area contributed by atoms with Gasteiger partial charge in [0.15, 0.2) is 5.69 Å². The summed E-state index contributed by atoms with van der Waals surface area (Å²) in [6, 6.07) is 0. The fourth-order valence-electron chi connectivity index (χ4n) is 2.42. The molecule has 1 aromatic rings. The number of nitrogens with zero attached hydrogens (tertiary/aromatic N) is 2. The van der Waals surface area contributed by atoms with Crippen molar-refractivity contribution >= 4 is 18.3 Å². The highest BCUT2D eigenvalue weighted by Gasteiger charge is 2.24. The third-order valence-electron chi connectivity index (χ3n) is 3.98. The number of ether oxygens (including phenoxy) is 1. The normalized spacial score (nSPS) is 17.0. The Morgan fingerprint density at radius 1 is 1.48 bits per heavy atom. The summed E-state index contributed by atoms with van der Waals surface area (Å²) in [5, 5.41) is 10.4. The van der Waals surface area contributed by atoms with Crippen LogP contribution in [0.4, 0.5) is 0 Å². The lowest BCUT2D eigenvalue weighted by atomic mass is 10.1. The second-order valence-corrected chi connectivity index (χ2v) is 5.70. The molecule has 0 saturated heterocycles. The topological polar surface area (TPSA) is 70.2 Å². The molecule has 6 nitrogen and oxygen atoms in total. The number of hydrogen-bond donors (Lipinski definition) is 2. The number of carbonyl (C=O) groups excluding carboxylic acids is 1. The lowest BCUT2D eigenvalue weighted by molar-refractivity contribution is 0.0675. The summed E-state index contributed by atoms with van der Waals surface area (Å²) in [5.41, 5.74) is 2.66. The molecule has 0 aromatic carbocycles. The van der Waals surface area contributed by atoms with Crippen LogP contribution in [0.25, 0.3) is 0 Å². The summed E-state index contributed by atoms with van der Waals surface area (Å²) >= 11 is 0. The zero-order chi connectivity index (χ0) is 13.9. The van der Waals surface area contributed by atoms with Crippen molar-refractivity contribution in [3.05, 3.63) is 17.0 Å². The van der Waals surface area contributed by atoms with E-state index in [1.807, 2.05) is 0 Å². The minimum absolute atomic E-state index is 0. The highest BCUT2D eigenvalue weighted by atomic mass is 35.5. The number of likely N-dealkylation sites (N-methyl/N-ethyl adjacent to an activating group) is 1. The molecule has 1 aromatic heterocycles. The molecular weight excluding hydrogens is 292 g/mol. The summed E-state index contributed by atoms with van der Waals surface area (Å²) in [6.45, 7) is 3.71. The molecule has 2 aliphatic rings. The minimum Gasteiger partial charge on any atom is -0.379 e. The Bertz CT molecular complexity index is 487. The van der Waals surface area contributed by atoms with Crippen molar-refractivity contribution in [1.82, 2.24) is 20.4 Å². The molecule has 0 bridgehead atoms. The molecular formula is C14H23ClN4O2. The van der Waals surface area contributed by atoms with Gasteiger partial charge in [0.1, 0.15) is 0 Å². The molecule has 2 heterocycles. The molecule has 1 amide bonds. The number of halogens is 1. The Balaban J connectivity index is 0.00000161. The smallest absolute Gasteiger partial charge is 0.274 e. The molecule has 1 aliphatic heterocycles. The monoisotopic (exact) mass is 314 g/mol. The fraction of sp³-hybridized carbons (Fsp3) is 0.714. The van der Waals surface area contributed by atoms with Crippen LogP contribution in [0.1, 0.15) is 34.6 Å². The molecule has 7 heteroatoms. The minimum atomic E-state index is -0.0266. The Morgan fingerprint density at radius 3 is 3.05 bits per heavy atom. The summed E-state index contributed by atoms with van der Waals surface area (Å²) in [5.74, 6) is 0.738. The van der Waals surface area contributed by atoms with Gasteiger partial charge in [0.05, 0.1) is 6.61 Å². The van der Waals surface area contributed by atoms with Crippen LogP contribution < -0.4 is 5.32 Å². The van der Waals surface area contributed by atoms with E-state index in [1.54, 1.807) is 11.9 Å². The summed E-state index contributed by atoms with van der Waals surface area (Å²) in [7, 11) is 1.81. The number of aromatic amines is 1. The largest absolute Gasteiger partial charge is 0.379 e. The Kier molecular flexibility index (Phi) is 5.61. The van der Waals surface area contributed by atoms with Crippen molar-refractivity contribution in [3.63, 3.8) is 0 Å². The number of nitrogens with one attached hydrogen (secondary N) is 2. The van der Waals surface area contributed by atoms with Gasteiger partial charge in [0.25, 0.3) is 5.91 Å². The first-order valence-electron chi connectivity index (χ1n) is 7.35. The van der Waals surface area contributed by atoms with Crippen LogP contribution in [0.3, 0.4) is 0 Å². The van der Waals surface area contributed by atoms with Gasteiger partial charge < -0.3 is 15.0 Å². The van der Waals surface area contributed by atoms with Crippen molar-refractivity contribution in [3.8, 4) is 0 Å². The van der Waals surface area contributed by atoms with Crippen molar-refractivity contribution in [2.24, 2.45) is 5.92 Å². The van der Waals surface area contributed by atoms with E-state index in [-0.39, 0.29) is 18.3 Å². The van der Waals surface area contributed by atoms with Crippen LogP contribution in [-0.2, 0) is 17.7 Å². The molecule has 21 heavy (non-hydrogen) atoms. The number of carbonyl (C=O) groups is 1. The van der Waals surface area contributed by atoms with Crippen LogP contribution >= 0.6 is 12.4 Å². The Morgan fingerprint density at radius 2 is 2.29 bits per heavy atom. The number of amides is 1. The molecule has 2 N–H and O–H groups in total. The third kappa shape index (κ3) is 3.96. The summed E-state index contributed by atoms with van der Waals surface area (Å²) in [4.78, 5) is 14.1. The Labute approximate surface area is 131 Å². The first-order chi connectivity index (χ1) is 9.75. The van der Waals surface area contributed by atoms with E-state index in [2.05, 4.69) is 15.5 Å². The lowest BCUT2D eigenvalue weighted by Gasteiger charge is -2.18. The molecule has 3 rings (SSSR count). The average Bonchev–Trinajstić information content (AvgIpc) is 3.20. The predicted octanol–water partition coefficient (Wildman–Crippen LogP) is 0.976. The van der Waals surface area contributed by atoms with Crippen LogP contribution in [-0.4, -0.2) is 54.4 Å². The van der Waals surface area contributed by atoms with Gasteiger partial charge in [-0.2, -0.15) is 5.10 Å². The van der Waals surface area contributed by atoms with E-state index in [4.69, 9.17) is 4.74 Å². The van der Waals surface area contributed by atoms with Gasteiger partial charge in [-0.1, -0.05) is 0 Å². The van der Waals surface area contributed by atoms with Crippen molar-refractivity contribution in [2.75, 3.05) is 33.4 Å². The number of hydrogen-bond acceptors (Lipinski definition) is 4. The second kappa shape index (κ2) is 7.24. The lowest BCUT2D eigenvalue weighted by Crippen LogP contribution is -2.32. The number of rotatable bonds is 6. The van der Waals surface area contributed by atoms with Crippen LogP contribution in [0.15, 0.2) is 0 Å². The van der Waals surface area contributed by atoms with E-state index >= 15 is 0 Å². The van der Waals surface area contributed by atoms with Gasteiger partial charge in [0, 0.05) is 51.0 Å². The van der Waals surface area contributed by atoms with Crippen LogP contribution in [0.5, 0.6) is 0 Å². The van der Waals surface area contributed by atoms with Gasteiger partial charge in [0.2, 0.25) is 0 Å². The maximum Gasteiger partial charge on any atom is 0.274 e. The van der Waals surface area contributed by atoms with Gasteiger partial charge in [-0.05, 0) is 18.8 Å². The second-order valence-electron chi connectivity index (χ2n) is 5.70. The molecule has 1 saturated carbocycles. The van der Waals surface area contributed by atoms with Crippen molar-refractivity contribution in [1.29, 1.82) is 0 Å². The van der Waals surface area contributed by atoms with Crippen LogP contribution in [0, 0.1) is 5.92 Å². The summed E-state index contributed by atoms with van der Waals surface area (Å²) < 4.78 is 5.57. The standard InChI is InChI=1S/C14H22N4O2.ClH/c1-18(6-7-20-9-10-2-3-10)14(19)13-11-8-15-5-4-12(11)16-17-13;/h10,15H,2-9H2,1H3,(H,16,17);1H. The van der Waals surface area contributed by atoms with Gasteiger partial charge in [-0.25, -0.2) is 0 Å². The van der Waals surface area contributed by atoms with E-state index in [9.17, 15) is 4.79 Å². The predicted molar refractivity (Wildman–Crippen MR) is 81.7 cm³/mol. The number of fused-ring (bicyclic) bond motifs is 1. The van der Waals surface area contributed by atoms with Crippen molar-refractivity contribution in [2.45, 2.75) is 25.8 Å². The highest BCUT2D eigenvalue weighted by molar-refractivity contribution is 5.93. The molecule has 118 valence electrons. The molecule has 0 atom stereocenters. The van der Waals surface area contributed by atoms with E-state index in [0.29, 0.717) is 18.8 Å². The van der Waals surface area contributed by atoms with E-state index in [0.717, 1.165) is 43.3 Å². The first-order valence-corrected chi connectivity index (χ1v) is 7.35. The highest BCUT2D eigenvalue weighted by Crippen LogP contribution is 2.28. The summed E-state index contributed by atoms with van der Waals surface area (Å²) in [6.07, 6.45) is 3.49. The third-order valence-corrected chi connectivity index (χ3v) is 3.98. The van der Waals surface area contributed by atoms with Gasteiger partial charge >= 0.3 is 0 Å². The Hall–Kier alpha value is -1.11. The van der Waals surface area contributed by atoms with Crippen molar-refractivity contribution < 1.29 is 9.53 Å². The zero-order valence-electron chi connectivity index (χ0n) is 12.4. The molecule has 0 radical (unpaired) electrons. The molecule has 1 fully saturated rings. The number of H-pyrrole nitrogens is 1. The zero-order valence-corrected chi connectivity index (χ0v) is 13.2. The quantitative estimate of drug-likeness (QED) is 0.768. The van der Waals surface area contributed by atoms with Gasteiger partial charge in [-0.3, -0.25) is 9.89 Å². The molecule has 0 unspecified atom stereocenters. The maximum atomic E-state index is 12.4. The van der Waals surface area contributed by atoms with E-state index in [1.165, 1.54) is 12.8 Å². The fourth-order valence-corrected chi connectivity index (χ4v) is 2.42. The van der Waals surface area contributed by atoms with Gasteiger partial charge in [-0.15, -0.1) is 12.4 Å². The van der Waals surface area contributed by atoms with E-state index < -0.39 is 0 Å². The SMILES string of the molecule is CN(CCOCC1CC1)C(=O)c1n[nH]c2c1CNCC2.Cl. The first kappa shape index (κ1) is 16.3. The van der Waals surface area contributed by atoms with Crippen LogP contribution in [0.2, 0.25) is 0 Å².